The van der Waals surface area contributed by atoms with E-state index in [9.17, 15) is 9.59 Å². The maximum atomic E-state index is 13.2. The highest BCUT2D eigenvalue weighted by Gasteiger charge is 2.26. The summed E-state index contributed by atoms with van der Waals surface area (Å²) in [5, 5.41) is 2.96. The van der Waals surface area contributed by atoms with Gasteiger partial charge in [0.2, 0.25) is 11.8 Å². The molecule has 0 bridgehead atoms. The van der Waals surface area contributed by atoms with E-state index in [1.54, 1.807) is 4.90 Å². The van der Waals surface area contributed by atoms with Gasteiger partial charge in [-0.05, 0) is 55.9 Å². The van der Waals surface area contributed by atoms with Crippen molar-refractivity contribution in [3.63, 3.8) is 0 Å². The van der Waals surface area contributed by atoms with Crippen LogP contribution in [0.15, 0.2) is 42.5 Å². The first-order chi connectivity index (χ1) is 13.7. The SMILES string of the molecule is Cc1ccc(CN(C(=O)Cc2ccc(C)c(C)c2)C(C)C(=O)NCC(C)C)cc1. The van der Waals surface area contributed by atoms with Crippen LogP contribution in [-0.4, -0.2) is 29.3 Å². The van der Waals surface area contributed by atoms with Crippen molar-refractivity contribution >= 4 is 11.8 Å². The molecule has 2 aromatic rings. The fourth-order valence-corrected chi connectivity index (χ4v) is 3.11. The molecule has 0 aliphatic heterocycles. The zero-order chi connectivity index (χ0) is 21.6. The molecule has 2 amide bonds. The molecule has 0 spiro atoms. The Morgan fingerprint density at radius 3 is 2.10 bits per heavy atom. The molecule has 0 heterocycles. The summed E-state index contributed by atoms with van der Waals surface area (Å²) < 4.78 is 0. The van der Waals surface area contributed by atoms with E-state index < -0.39 is 6.04 Å². The number of amides is 2. The van der Waals surface area contributed by atoms with Crippen LogP contribution >= 0.6 is 0 Å². The number of carbonyl (C=O) groups excluding carboxylic acids is 2. The molecule has 2 aromatic carbocycles. The van der Waals surface area contributed by atoms with Crippen LogP contribution in [0.1, 0.15) is 48.6 Å². The second kappa shape index (κ2) is 10.2. The smallest absolute Gasteiger partial charge is 0.242 e. The molecule has 4 heteroatoms. The lowest BCUT2D eigenvalue weighted by Gasteiger charge is -2.29. The molecule has 0 aliphatic rings. The average molecular weight is 395 g/mol. The van der Waals surface area contributed by atoms with Crippen LogP contribution in [0, 0.1) is 26.7 Å². The van der Waals surface area contributed by atoms with Crippen LogP contribution in [0.2, 0.25) is 0 Å². The van der Waals surface area contributed by atoms with Crippen LogP contribution in [0.5, 0.6) is 0 Å². The van der Waals surface area contributed by atoms with Gasteiger partial charge >= 0.3 is 0 Å². The molecule has 0 saturated carbocycles. The van der Waals surface area contributed by atoms with Crippen LogP contribution in [0.3, 0.4) is 0 Å². The van der Waals surface area contributed by atoms with Gasteiger partial charge in [0.1, 0.15) is 6.04 Å². The lowest BCUT2D eigenvalue weighted by Crippen LogP contribution is -2.48. The van der Waals surface area contributed by atoms with Gasteiger partial charge in [0, 0.05) is 13.1 Å². The quantitative estimate of drug-likeness (QED) is 0.724. The number of nitrogens with one attached hydrogen (secondary N) is 1. The minimum atomic E-state index is -0.533. The van der Waals surface area contributed by atoms with E-state index in [1.807, 2.05) is 50.2 Å². The minimum Gasteiger partial charge on any atom is -0.354 e. The Labute approximate surface area is 175 Å². The van der Waals surface area contributed by atoms with Crippen molar-refractivity contribution in [2.24, 2.45) is 5.92 Å². The molecule has 0 aliphatic carbocycles. The number of nitrogens with zero attached hydrogens (tertiary/aromatic N) is 1. The normalized spacial score (nSPS) is 12.0. The molecule has 1 atom stereocenters. The third kappa shape index (κ3) is 6.74. The molecule has 0 saturated heterocycles. The molecular weight excluding hydrogens is 360 g/mol. The van der Waals surface area contributed by atoms with Crippen molar-refractivity contribution in [1.29, 1.82) is 0 Å². The Balaban J connectivity index is 2.21. The second-order valence-electron chi connectivity index (χ2n) is 8.42. The summed E-state index contributed by atoms with van der Waals surface area (Å²) in [6.07, 6.45) is 0.286. The Morgan fingerprint density at radius 1 is 0.897 bits per heavy atom. The highest BCUT2D eigenvalue weighted by molar-refractivity contribution is 5.88. The first-order valence-corrected chi connectivity index (χ1v) is 10.4. The third-order valence-corrected chi connectivity index (χ3v) is 5.25. The first-order valence-electron chi connectivity index (χ1n) is 10.4. The molecule has 1 N–H and O–H groups in total. The molecular formula is C25H34N2O2. The zero-order valence-corrected chi connectivity index (χ0v) is 18.6. The van der Waals surface area contributed by atoms with Crippen LogP contribution < -0.4 is 5.32 Å². The van der Waals surface area contributed by atoms with Crippen molar-refractivity contribution in [3.05, 3.63) is 70.3 Å². The summed E-state index contributed by atoms with van der Waals surface area (Å²) >= 11 is 0. The predicted octanol–water partition coefficient (Wildman–Crippen LogP) is 4.34. The number of hydrogen-bond donors (Lipinski definition) is 1. The van der Waals surface area contributed by atoms with E-state index in [1.165, 1.54) is 16.7 Å². The minimum absolute atomic E-state index is 0.0407. The van der Waals surface area contributed by atoms with Gasteiger partial charge in [-0.25, -0.2) is 0 Å². The predicted molar refractivity (Wildman–Crippen MR) is 119 cm³/mol. The molecule has 29 heavy (non-hydrogen) atoms. The van der Waals surface area contributed by atoms with Gasteiger partial charge in [-0.2, -0.15) is 0 Å². The number of carbonyl (C=O) groups is 2. The molecule has 0 aromatic heterocycles. The van der Waals surface area contributed by atoms with Gasteiger partial charge < -0.3 is 10.2 Å². The highest BCUT2D eigenvalue weighted by Crippen LogP contribution is 2.15. The molecule has 1 unspecified atom stereocenters. The lowest BCUT2D eigenvalue weighted by molar-refractivity contribution is -0.140. The van der Waals surface area contributed by atoms with Crippen molar-refractivity contribution in [2.75, 3.05) is 6.54 Å². The van der Waals surface area contributed by atoms with Crippen molar-refractivity contribution < 1.29 is 9.59 Å². The van der Waals surface area contributed by atoms with Crippen LogP contribution in [0.4, 0.5) is 0 Å². The number of hydrogen-bond acceptors (Lipinski definition) is 2. The Kier molecular flexibility index (Phi) is 8.00. The van der Waals surface area contributed by atoms with Gasteiger partial charge in [0.05, 0.1) is 6.42 Å². The lowest BCUT2D eigenvalue weighted by atomic mass is 10.0. The summed E-state index contributed by atoms with van der Waals surface area (Å²) in [5.74, 6) is 0.211. The topological polar surface area (TPSA) is 49.4 Å². The monoisotopic (exact) mass is 394 g/mol. The van der Waals surface area contributed by atoms with Crippen molar-refractivity contribution in [3.8, 4) is 0 Å². The third-order valence-electron chi connectivity index (χ3n) is 5.25. The Hall–Kier alpha value is -2.62. The summed E-state index contributed by atoms with van der Waals surface area (Å²) in [6, 6.07) is 13.7. The number of aryl methyl sites for hydroxylation is 3. The maximum absolute atomic E-state index is 13.2. The highest BCUT2D eigenvalue weighted by atomic mass is 16.2. The number of rotatable bonds is 8. The molecule has 0 fully saturated rings. The van der Waals surface area contributed by atoms with E-state index >= 15 is 0 Å². The fourth-order valence-electron chi connectivity index (χ4n) is 3.11. The summed E-state index contributed by atoms with van der Waals surface area (Å²) in [5.41, 5.74) is 5.54. The van der Waals surface area contributed by atoms with Crippen LogP contribution in [0.25, 0.3) is 0 Å². The fraction of sp³-hybridized carbons (Fsp3) is 0.440. The van der Waals surface area contributed by atoms with Gasteiger partial charge in [-0.15, -0.1) is 0 Å². The van der Waals surface area contributed by atoms with Crippen LogP contribution in [-0.2, 0) is 22.6 Å². The van der Waals surface area contributed by atoms with E-state index in [0.717, 1.165) is 11.1 Å². The number of benzene rings is 2. The van der Waals surface area contributed by atoms with E-state index in [4.69, 9.17) is 0 Å². The van der Waals surface area contributed by atoms with Crippen molar-refractivity contribution in [1.82, 2.24) is 10.2 Å². The van der Waals surface area contributed by atoms with E-state index in [0.29, 0.717) is 19.0 Å². The maximum Gasteiger partial charge on any atom is 0.242 e. The molecule has 4 nitrogen and oxygen atoms in total. The second-order valence-corrected chi connectivity index (χ2v) is 8.42. The van der Waals surface area contributed by atoms with E-state index in [2.05, 4.69) is 39.1 Å². The van der Waals surface area contributed by atoms with Gasteiger partial charge in [0.25, 0.3) is 0 Å². The van der Waals surface area contributed by atoms with Gasteiger partial charge in [-0.3, -0.25) is 9.59 Å². The Morgan fingerprint density at radius 2 is 1.52 bits per heavy atom. The van der Waals surface area contributed by atoms with Gasteiger partial charge in [0.15, 0.2) is 0 Å². The van der Waals surface area contributed by atoms with Gasteiger partial charge in [-0.1, -0.05) is 61.9 Å². The zero-order valence-electron chi connectivity index (χ0n) is 18.6. The summed E-state index contributed by atoms with van der Waals surface area (Å²) in [7, 11) is 0. The molecule has 2 rings (SSSR count). The molecule has 0 radical (unpaired) electrons. The van der Waals surface area contributed by atoms with E-state index in [-0.39, 0.29) is 18.2 Å². The standard InChI is InChI=1S/C25H34N2O2/c1-17(2)15-26-25(29)21(6)27(16-22-10-7-18(3)8-11-22)24(28)14-23-12-9-19(4)20(5)13-23/h7-13,17,21H,14-16H2,1-6H3,(H,26,29). The van der Waals surface area contributed by atoms with Crippen molar-refractivity contribution in [2.45, 2.75) is 60.5 Å². The Bertz CT molecular complexity index is 840. The average Bonchev–Trinajstić information content (AvgIpc) is 2.67. The summed E-state index contributed by atoms with van der Waals surface area (Å²) in [4.78, 5) is 27.6. The largest absolute Gasteiger partial charge is 0.354 e. The molecule has 156 valence electrons. The summed E-state index contributed by atoms with van der Waals surface area (Å²) in [6.45, 7) is 13.1. The first kappa shape index (κ1) is 22.7.